The Balaban J connectivity index is 1.65. The van der Waals surface area contributed by atoms with Crippen LogP contribution in [0.25, 0.3) is 0 Å². The van der Waals surface area contributed by atoms with Crippen LogP contribution in [0.5, 0.6) is 0 Å². The number of hydrogen-bond acceptors (Lipinski definition) is 6. The van der Waals surface area contributed by atoms with Crippen LogP contribution in [-0.2, 0) is 19.1 Å². The zero-order chi connectivity index (χ0) is 26.2. The highest BCUT2D eigenvalue weighted by Gasteiger charge is 2.27. The van der Waals surface area contributed by atoms with E-state index in [4.69, 9.17) is 9.84 Å². The van der Waals surface area contributed by atoms with Crippen LogP contribution in [0.3, 0.4) is 0 Å². The fourth-order valence-corrected chi connectivity index (χ4v) is 4.28. The van der Waals surface area contributed by atoms with E-state index >= 15 is 0 Å². The molecule has 3 N–H and O–H groups in total. The number of carboxylic acid groups (broad SMARTS) is 1. The molecular formula is C27H39NO7. The molecule has 0 bridgehead atoms. The number of ether oxygens (including phenoxy) is 1. The van der Waals surface area contributed by atoms with Crippen LogP contribution < -0.4 is 0 Å². The molecule has 0 aromatic carbocycles. The second kappa shape index (κ2) is 12.7. The Kier molecular flexibility index (Phi) is 10.3. The van der Waals surface area contributed by atoms with Crippen molar-refractivity contribution in [2.75, 3.05) is 13.1 Å². The summed E-state index contributed by atoms with van der Waals surface area (Å²) in [5.74, 6) is -1.39. The third kappa shape index (κ3) is 9.02. The molecule has 8 heteroatoms. The first kappa shape index (κ1) is 28.4. The summed E-state index contributed by atoms with van der Waals surface area (Å²) in [5, 5.41) is 29.5. The summed E-state index contributed by atoms with van der Waals surface area (Å²) in [7, 11) is 0. The summed E-state index contributed by atoms with van der Waals surface area (Å²) in [5.41, 5.74) is 1.30. The largest absolute Gasteiger partial charge is 0.504 e. The third-order valence-electron chi connectivity index (χ3n) is 6.55. The van der Waals surface area contributed by atoms with E-state index in [1.54, 1.807) is 19.1 Å². The van der Waals surface area contributed by atoms with Gasteiger partial charge in [0.15, 0.2) is 11.5 Å². The van der Waals surface area contributed by atoms with Crippen molar-refractivity contribution in [3.8, 4) is 0 Å². The number of carbonyl (C=O) groups excluding carboxylic acids is 2. The Morgan fingerprint density at radius 1 is 1.29 bits per heavy atom. The van der Waals surface area contributed by atoms with E-state index in [9.17, 15) is 24.6 Å². The summed E-state index contributed by atoms with van der Waals surface area (Å²) in [6.45, 7) is 7.51. The van der Waals surface area contributed by atoms with E-state index in [0.717, 1.165) is 25.7 Å². The lowest BCUT2D eigenvalue weighted by molar-refractivity contribution is -0.142. The average molecular weight is 490 g/mol. The number of esters is 1. The van der Waals surface area contributed by atoms with Gasteiger partial charge >= 0.3 is 11.9 Å². The molecule has 35 heavy (non-hydrogen) atoms. The van der Waals surface area contributed by atoms with E-state index in [1.807, 2.05) is 13.8 Å². The number of aliphatic hydroxyl groups excluding tert-OH is 1. The van der Waals surface area contributed by atoms with Gasteiger partial charge in [-0.3, -0.25) is 9.59 Å². The Morgan fingerprint density at radius 2 is 2.00 bits per heavy atom. The first-order valence-corrected chi connectivity index (χ1v) is 12.3. The summed E-state index contributed by atoms with van der Waals surface area (Å²) in [6.07, 6.45) is 11.7. The average Bonchev–Trinajstić information content (AvgIpc) is 3.21. The van der Waals surface area contributed by atoms with Crippen molar-refractivity contribution in [1.29, 1.82) is 0 Å². The zero-order valence-electron chi connectivity index (χ0n) is 21.3. The van der Waals surface area contributed by atoms with Crippen molar-refractivity contribution in [1.82, 2.24) is 4.90 Å². The predicted octanol–water partition coefficient (Wildman–Crippen LogP) is 4.57. The number of allylic oxidation sites excluding steroid dienone is 3. The molecule has 0 radical (unpaired) electrons. The molecule has 194 valence electrons. The SMILES string of the molecule is CC(=CCCC(C)(O)CCCC1=CCN(CC(=O)O)C1=O)CCC[C@H](C)/C=C1\OC(=O)C(C)=C1O. The summed E-state index contributed by atoms with van der Waals surface area (Å²) in [4.78, 5) is 35.8. The minimum Gasteiger partial charge on any atom is -0.504 e. The zero-order valence-corrected chi connectivity index (χ0v) is 21.3. The molecule has 8 nitrogen and oxygen atoms in total. The van der Waals surface area contributed by atoms with E-state index in [-0.39, 0.29) is 35.5 Å². The lowest BCUT2D eigenvalue weighted by Gasteiger charge is -2.23. The standard InChI is InChI=1S/C27H39NO7/c1-18(8-5-9-19(2)16-22-24(31)20(3)26(33)35-22)10-6-13-27(4,34)14-7-11-21-12-15-28(25(21)32)17-23(29)30/h10,12,16,19,31,34H,5-9,11,13-15,17H2,1-4H3,(H,29,30)/b18-10?,22-16-/t19-,27?/m0/s1. The second-order valence-corrected chi connectivity index (χ2v) is 10.0. The molecule has 1 unspecified atom stereocenters. The quantitative estimate of drug-likeness (QED) is 0.241. The maximum absolute atomic E-state index is 12.2. The van der Waals surface area contributed by atoms with Crippen LogP contribution in [0.1, 0.15) is 79.1 Å². The van der Waals surface area contributed by atoms with Crippen LogP contribution >= 0.6 is 0 Å². The lowest BCUT2D eigenvalue weighted by atomic mass is 9.91. The van der Waals surface area contributed by atoms with Crippen molar-refractivity contribution < 1.29 is 34.4 Å². The maximum Gasteiger partial charge on any atom is 0.343 e. The fraction of sp³-hybridized carbons (Fsp3) is 0.593. The van der Waals surface area contributed by atoms with Gasteiger partial charge in [-0.2, -0.15) is 0 Å². The Labute approximate surface area is 207 Å². The molecule has 2 heterocycles. The lowest BCUT2D eigenvalue weighted by Crippen LogP contribution is -2.32. The van der Waals surface area contributed by atoms with Gasteiger partial charge in [-0.05, 0) is 84.1 Å². The normalized spacial score (nSPS) is 20.4. The highest BCUT2D eigenvalue weighted by atomic mass is 16.6. The van der Waals surface area contributed by atoms with Crippen LogP contribution in [0.4, 0.5) is 0 Å². The molecule has 0 fully saturated rings. The van der Waals surface area contributed by atoms with E-state index in [2.05, 4.69) is 13.0 Å². The molecule has 0 saturated carbocycles. The number of nitrogens with zero attached hydrogens (tertiary/aromatic N) is 1. The summed E-state index contributed by atoms with van der Waals surface area (Å²) >= 11 is 0. The predicted molar refractivity (Wildman–Crippen MR) is 132 cm³/mol. The summed E-state index contributed by atoms with van der Waals surface area (Å²) < 4.78 is 5.07. The molecule has 0 spiro atoms. The number of carboxylic acids is 1. The minimum absolute atomic E-state index is 0.0725. The third-order valence-corrected chi connectivity index (χ3v) is 6.55. The van der Waals surface area contributed by atoms with Gasteiger partial charge in [0.25, 0.3) is 0 Å². The smallest absolute Gasteiger partial charge is 0.343 e. The fourth-order valence-electron chi connectivity index (χ4n) is 4.28. The van der Waals surface area contributed by atoms with Gasteiger partial charge in [0.1, 0.15) is 6.54 Å². The molecule has 2 atom stereocenters. The van der Waals surface area contributed by atoms with Gasteiger partial charge in [-0.25, -0.2) is 4.79 Å². The van der Waals surface area contributed by atoms with Crippen molar-refractivity contribution in [2.24, 2.45) is 5.92 Å². The van der Waals surface area contributed by atoms with E-state index < -0.39 is 17.5 Å². The summed E-state index contributed by atoms with van der Waals surface area (Å²) in [6, 6.07) is 0. The molecule has 2 aliphatic heterocycles. The Morgan fingerprint density at radius 3 is 2.63 bits per heavy atom. The van der Waals surface area contributed by atoms with Gasteiger partial charge in [0, 0.05) is 12.1 Å². The van der Waals surface area contributed by atoms with Crippen molar-refractivity contribution in [3.05, 3.63) is 46.5 Å². The Bertz CT molecular complexity index is 939. The van der Waals surface area contributed by atoms with Crippen molar-refractivity contribution >= 4 is 17.8 Å². The number of hydrogen-bond donors (Lipinski definition) is 3. The molecular weight excluding hydrogens is 450 g/mol. The van der Waals surface area contributed by atoms with Gasteiger partial charge in [-0.15, -0.1) is 0 Å². The monoisotopic (exact) mass is 489 g/mol. The van der Waals surface area contributed by atoms with Gasteiger partial charge in [-0.1, -0.05) is 24.6 Å². The minimum atomic E-state index is -1.02. The van der Waals surface area contributed by atoms with Crippen molar-refractivity contribution in [3.63, 3.8) is 0 Å². The number of carbonyl (C=O) groups is 3. The first-order chi connectivity index (χ1) is 16.4. The Hall–Kier alpha value is -2.87. The van der Waals surface area contributed by atoms with Crippen LogP contribution in [0.2, 0.25) is 0 Å². The number of cyclic esters (lactones) is 1. The second-order valence-electron chi connectivity index (χ2n) is 10.0. The van der Waals surface area contributed by atoms with Gasteiger partial charge in [0.05, 0.1) is 11.2 Å². The van der Waals surface area contributed by atoms with E-state index in [1.165, 1.54) is 10.5 Å². The van der Waals surface area contributed by atoms with Crippen molar-refractivity contribution in [2.45, 2.75) is 84.7 Å². The molecule has 0 aliphatic carbocycles. The highest BCUT2D eigenvalue weighted by Crippen LogP contribution is 2.27. The molecule has 0 saturated heterocycles. The molecule has 1 amide bonds. The van der Waals surface area contributed by atoms with E-state index in [0.29, 0.717) is 37.8 Å². The molecule has 0 aromatic rings. The van der Waals surface area contributed by atoms with Crippen LogP contribution in [0, 0.1) is 5.92 Å². The number of amides is 1. The number of rotatable bonds is 14. The number of aliphatic carboxylic acids is 1. The van der Waals surface area contributed by atoms with Crippen LogP contribution in [0.15, 0.2) is 46.5 Å². The topological polar surface area (TPSA) is 124 Å². The van der Waals surface area contributed by atoms with Crippen LogP contribution in [-0.4, -0.2) is 56.8 Å². The first-order valence-electron chi connectivity index (χ1n) is 12.3. The molecule has 2 rings (SSSR count). The molecule has 2 aliphatic rings. The van der Waals surface area contributed by atoms with Gasteiger partial charge in [0.2, 0.25) is 5.91 Å². The molecule has 0 aromatic heterocycles. The number of aliphatic hydroxyl groups is 2. The maximum atomic E-state index is 12.2. The van der Waals surface area contributed by atoms with Gasteiger partial charge < -0.3 is 25.0 Å². The highest BCUT2D eigenvalue weighted by molar-refractivity contribution is 5.97.